The normalized spacial score (nSPS) is 14.3. The van der Waals surface area contributed by atoms with Gasteiger partial charge in [-0.25, -0.2) is 4.68 Å². The summed E-state index contributed by atoms with van der Waals surface area (Å²) in [5.41, 5.74) is 0.873. The van der Waals surface area contributed by atoms with Gasteiger partial charge in [0.15, 0.2) is 0 Å². The molecule has 9 heteroatoms. The van der Waals surface area contributed by atoms with E-state index in [0.29, 0.717) is 30.1 Å². The van der Waals surface area contributed by atoms with Crippen LogP contribution in [0.3, 0.4) is 0 Å². The van der Waals surface area contributed by atoms with Crippen molar-refractivity contribution in [1.82, 2.24) is 20.3 Å². The highest BCUT2D eigenvalue weighted by molar-refractivity contribution is 5.87. The summed E-state index contributed by atoms with van der Waals surface area (Å²) >= 11 is 0. The number of hydrogen-bond acceptors (Lipinski definition) is 5. The van der Waals surface area contributed by atoms with E-state index in [1.807, 2.05) is 0 Å². The lowest BCUT2D eigenvalue weighted by molar-refractivity contribution is -0.139. The highest BCUT2D eigenvalue weighted by Gasteiger charge is 2.38. The van der Waals surface area contributed by atoms with Gasteiger partial charge in [-0.15, -0.1) is 5.10 Å². The molecule has 1 N–H and O–H groups in total. The van der Waals surface area contributed by atoms with Gasteiger partial charge < -0.3 is 10.1 Å². The van der Waals surface area contributed by atoms with Crippen LogP contribution in [0.5, 0.6) is 0 Å². The van der Waals surface area contributed by atoms with Crippen LogP contribution in [-0.2, 0) is 28.8 Å². The van der Waals surface area contributed by atoms with Gasteiger partial charge >= 0.3 is 12.1 Å². The molecule has 4 rings (SSSR count). The first kappa shape index (κ1) is 20.3. The van der Waals surface area contributed by atoms with E-state index in [4.69, 9.17) is 0 Å². The fourth-order valence-corrected chi connectivity index (χ4v) is 3.43. The lowest BCUT2D eigenvalue weighted by atomic mass is 9.97. The second-order valence-electron chi connectivity index (χ2n) is 7.45. The van der Waals surface area contributed by atoms with E-state index < -0.39 is 11.7 Å². The maximum absolute atomic E-state index is 14.0. The molecule has 1 heterocycles. The van der Waals surface area contributed by atoms with Crippen LogP contribution in [-0.4, -0.2) is 34.6 Å². The Kier molecular flexibility index (Phi) is 5.46. The van der Waals surface area contributed by atoms with Gasteiger partial charge in [0, 0.05) is 13.1 Å². The predicted molar refractivity (Wildman–Crippen MR) is 104 cm³/mol. The van der Waals surface area contributed by atoms with Crippen molar-refractivity contribution >= 4 is 17.0 Å². The average molecular weight is 418 g/mol. The molecule has 1 saturated carbocycles. The van der Waals surface area contributed by atoms with Crippen LogP contribution < -0.4 is 5.32 Å². The standard InChI is InChI=1S/C21H21F3N4O2/c1-30-18(29)11-25-10-13-4-6-15(7-5-13)16-8-9-17-20(19(16)21(22,23)24)26-27-28(17)12-14-2-3-14/h4-9,14,25H,2-3,10-12H2,1H3. The van der Waals surface area contributed by atoms with Gasteiger partial charge in [-0.2, -0.15) is 13.2 Å². The number of rotatable bonds is 7. The molecule has 1 fully saturated rings. The van der Waals surface area contributed by atoms with Crippen LogP contribution in [0, 0.1) is 5.92 Å². The van der Waals surface area contributed by atoms with Gasteiger partial charge in [-0.3, -0.25) is 4.79 Å². The van der Waals surface area contributed by atoms with Crippen LogP contribution >= 0.6 is 0 Å². The molecule has 158 valence electrons. The Balaban J connectivity index is 1.63. The Bertz CT molecular complexity index is 1060. The lowest BCUT2D eigenvalue weighted by Gasteiger charge is -2.14. The van der Waals surface area contributed by atoms with Crippen molar-refractivity contribution in [3.63, 3.8) is 0 Å². The number of hydrogen-bond donors (Lipinski definition) is 1. The second-order valence-corrected chi connectivity index (χ2v) is 7.45. The third-order valence-corrected chi connectivity index (χ3v) is 5.19. The number of esters is 1. The molecule has 1 aliphatic carbocycles. The Morgan fingerprint density at radius 2 is 1.93 bits per heavy atom. The number of fused-ring (bicyclic) bond motifs is 1. The quantitative estimate of drug-likeness (QED) is 0.592. The molecule has 0 spiro atoms. The van der Waals surface area contributed by atoms with Crippen molar-refractivity contribution < 1.29 is 22.7 Å². The van der Waals surface area contributed by atoms with E-state index in [1.54, 1.807) is 35.0 Å². The maximum Gasteiger partial charge on any atom is 0.419 e. The number of halogens is 3. The van der Waals surface area contributed by atoms with Gasteiger partial charge in [0.25, 0.3) is 0 Å². The minimum Gasteiger partial charge on any atom is -0.468 e. The lowest BCUT2D eigenvalue weighted by Crippen LogP contribution is -2.23. The highest BCUT2D eigenvalue weighted by Crippen LogP contribution is 2.41. The molecule has 0 saturated heterocycles. The molecular weight excluding hydrogens is 397 g/mol. The van der Waals surface area contributed by atoms with E-state index >= 15 is 0 Å². The van der Waals surface area contributed by atoms with Gasteiger partial charge in [0.1, 0.15) is 5.52 Å². The summed E-state index contributed by atoms with van der Waals surface area (Å²) < 4.78 is 48.0. The van der Waals surface area contributed by atoms with Gasteiger partial charge in [0.05, 0.1) is 24.7 Å². The predicted octanol–water partition coefficient (Wildman–Crippen LogP) is 3.79. The SMILES string of the molecule is COC(=O)CNCc1ccc(-c2ccc3c(nnn3CC3CC3)c2C(F)(F)F)cc1. The molecule has 0 radical (unpaired) electrons. The average Bonchev–Trinajstić information content (AvgIpc) is 3.45. The number of nitrogens with one attached hydrogen (secondary N) is 1. The number of nitrogens with zero attached hydrogens (tertiary/aromatic N) is 3. The Labute approximate surface area is 171 Å². The van der Waals surface area contributed by atoms with E-state index in [1.165, 1.54) is 13.2 Å². The van der Waals surface area contributed by atoms with E-state index in [-0.39, 0.29) is 23.6 Å². The smallest absolute Gasteiger partial charge is 0.419 e. The largest absolute Gasteiger partial charge is 0.468 e. The second kappa shape index (κ2) is 8.06. The van der Waals surface area contributed by atoms with Gasteiger partial charge in [-0.1, -0.05) is 35.5 Å². The topological polar surface area (TPSA) is 69.0 Å². The molecule has 0 aliphatic heterocycles. The van der Waals surface area contributed by atoms with Crippen LogP contribution in [0.4, 0.5) is 13.2 Å². The zero-order valence-corrected chi connectivity index (χ0v) is 16.4. The maximum atomic E-state index is 14.0. The summed E-state index contributed by atoms with van der Waals surface area (Å²) in [5.74, 6) is 0.0914. The first-order valence-corrected chi connectivity index (χ1v) is 9.67. The van der Waals surface area contributed by atoms with Crippen molar-refractivity contribution in [3.05, 3.63) is 47.5 Å². The molecule has 1 aromatic heterocycles. The summed E-state index contributed by atoms with van der Waals surface area (Å²) in [6.45, 7) is 1.06. The zero-order valence-electron chi connectivity index (χ0n) is 16.4. The molecule has 0 atom stereocenters. The third-order valence-electron chi connectivity index (χ3n) is 5.19. The minimum atomic E-state index is -4.56. The van der Waals surface area contributed by atoms with Crippen LogP contribution in [0.25, 0.3) is 22.2 Å². The van der Waals surface area contributed by atoms with Crippen molar-refractivity contribution in [1.29, 1.82) is 0 Å². The number of ether oxygens (including phenoxy) is 1. The molecule has 2 aromatic carbocycles. The number of methoxy groups -OCH3 is 1. The van der Waals surface area contributed by atoms with Gasteiger partial charge in [0.2, 0.25) is 0 Å². The fraction of sp³-hybridized carbons (Fsp3) is 0.381. The number of benzene rings is 2. The van der Waals surface area contributed by atoms with Gasteiger partial charge in [-0.05, 0) is 41.5 Å². The molecule has 30 heavy (non-hydrogen) atoms. The summed E-state index contributed by atoms with van der Waals surface area (Å²) in [6, 6.07) is 9.89. The van der Waals surface area contributed by atoms with Crippen molar-refractivity contribution in [2.45, 2.75) is 32.1 Å². The van der Waals surface area contributed by atoms with E-state index in [0.717, 1.165) is 18.4 Å². The van der Waals surface area contributed by atoms with Crippen molar-refractivity contribution in [2.24, 2.45) is 5.92 Å². The molecule has 0 unspecified atom stereocenters. The summed E-state index contributed by atoms with van der Waals surface area (Å²) in [5, 5.41) is 10.8. The number of carbonyl (C=O) groups excluding carboxylic acids is 1. The summed E-state index contributed by atoms with van der Waals surface area (Å²) in [6.07, 6.45) is -2.41. The first-order valence-electron chi connectivity index (χ1n) is 9.67. The highest BCUT2D eigenvalue weighted by atomic mass is 19.4. The first-order chi connectivity index (χ1) is 14.4. The molecule has 1 aliphatic rings. The monoisotopic (exact) mass is 418 g/mol. The Morgan fingerprint density at radius 3 is 2.57 bits per heavy atom. The molecule has 3 aromatic rings. The van der Waals surface area contributed by atoms with Crippen LogP contribution in [0.2, 0.25) is 0 Å². The Hall–Kier alpha value is -2.94. The van der Waals surface area contributed by atoms with E-state index in [9.17, 15) is 18.0 Å². The Morgan fingerprint density at radius 1 is 1.20 bits per heavy atom. The number of aromatic nitrogens is 3. The molecule has 6 nitrogen and oxygen atoms in total. The zero-order chi connectivity index (χ0) is 21.3. The van der Waals surface area contributed by atoms with E-state index in [2.05, 4.69) is 20.4 Å². The number of alkyl halides is 3. The van der Waals surface area contributed by atoms with Crippen molar-refractivity contribution in [3.8, 4) is 11.1 Å². The van der Waals surface area contributed by atoms with Crippen LogP contribution in [0.15, 0.2) is 36.4 Å². The molecule has 0 amide bonds. The third kappa shape index (κ3) is 4.30. The summed E-state index contributed by atoms with van der Waals surface area (Å²) in [4.78, 5) is 11.1. The molecule has 0 bridgehead atoms. The number of carbonyl (C=O) groups is 1. The minimum absolute atomic E-state index is 0.0592. The van der Waals surface area contributed by atoms with Crippen molar-refractivity contribution in [2.75, 3.05) is 13.7 Å². The van der Waals surface area contributed by atoms with Crippen LogP contribution in [0.1, 0.15) is 24.0 Å². The fourth-order valence-electron chi connectivity index (χ4n) is 3.43. The summed E-state index contributed by atoms with van der Waals surface area (Å²) in [7, 11) is 1.30. The molecular formula is C21H21F3N4O2.